The molecule has 100 valence electrons. The molecule has 0 radical (unpaired) electrons. The van der Waals surface area contributed by atoms with Crippen molar-refractivity contribution in [3.63, 3.8) is 0 Å². The first-order valence-electron chi connectivity index (χ1n) is 6.48. The topological polar surface area (TPSA) is 34.1 Å². The number of hydrogen-bond donors (Lipinski definition) is 1. The van der Waals surface area contributed by atoms with Crippen LogP contribution in [-0.2, 0) is 6.54 Å². The summed E-state index contributed by atoms with van der Waals surface area (Å²) < 4.78 is 5.16. The number of hydrogen-bond acceptors (Lipinski definition) is 3. The summed E-state index contributed by atoms with van der Waals surface area (Å²) in [6.07, 6.45) is 1.84. The molecule has 3 heteroatoms. The predicted molar refractivity (Wildman–Crippen MR) is 77.2 cm³/mol. The van der Waals surface area contributed by atoms with Gasteiger partial charge in [-0.3, -0.25) is 4.98 Å². The Balaban J connectivity index is 1.97. The van der Waals surface area contributed by atoms with Gasteiger partial charge in [0.05, 0.1) is 12.8 Å². The molecule has 1 unspecified atom stereocenters. The monoisotopic (exact) mass is 256 g/mol. The van der Waals surface area contributed by atoms with Crippen molar-refractivity contribution in [2.45, 2.75) is 26.4 Å². The van der Waals surface area contributed by atoms with Gasteiger partial charge in [-0.25, -0.2) is 0 Å². The van der Waals surface area contributed by atoms with Crippen molar-refractivity contribution in [3.8, 4) is 5.75 Å². The zero-order chi connectivity index (χ0) is 13.7. The van der Waals surface area contributed by atoms with Crippen LogP contribution < -0.4 is 10.1 Å². The lowest BCUT2D eigenvalue weighted by molar-refractivity contribution is 0.414. The SMILES string of the molecule is COc1ccc(C(C)NCc2ncccc2C)cc1. The molecule has 0 fully saturated rings. The minimum atomic E-state index is 0.285. The zero-order valence-corrected chi connectivity index (χ0v) is 11.7. The molecule has 0 amide bonds. The summed E-state index contributed by atoms with van der Waals surface area (Å²) >= 11 is 0. The van der Waals surface area contributed by atoms with E-state index in [1.54, 1.807) is 7.11 Å². The highest BCUT2D eigenvalue weighted by molar-refractivity contribution is 5.29. The summed E-state index contributed by atoms with van der Waals surface area (Å²) in [6, 6.07) is 12.5. The molecule has 0 spiro atoms. The molecule has 1 aromatic heterocycles. The molecule has 2 rings (SSSR count). The Hall–Kier alpha value is -1.87. The van der Waals surface area contributed by atoms with E-state index in [0.717, 1.165) is 18.0 Å². The number of nitrogens with zero attached hydrogens (tertiary/aromatic N) is 1. The third-order valence-corrected chi connectivity index (χ3v) is 3.31. The van der Waals surface area contributed by atoms with Gasteiger partial charge in [-0.15, -0.1) is 0 Å². The minimum Gasteiger partial charge on any atom is -0.497 e. The Morgan fingerprint density at radius 2 is 1.95 bits per heavy atom. The standard InChI is InChI=1S/C16H20N2O/c1-12-5-4-10-17-16(12)11-18-13(2)14-6-8-15(19-3)9-7-14/h4-10,13,18H,11H2,1-3H3. The molecular formula is C16H20N2O. The van der Waals surface area contributed by atoms with E-state index in [2.05, 4.69) is 42.3 Å². The molecule has 3 nitrogen and oxygen atoms in total. The van der Waals surface area contributed by atoms with Crippen LogP contribution in [0.1, 0.15) is 29.8 Å². The molecule has 1 N–H and O–H groups in total. The molecule has 0 aliphatic rings. The first-order valence-corrected chi connectivity index (χ1v) is 6.48. The molecule has 0 saturated carbocycles. The number of aryl methyl sites for hydroxylation is 1. The number of ether oxygens (including phenoxy) is 1. The van der Waals surface area contributed by atoms with E-state index in [1.165, 1.54) is 11.1 Å². The number of aromatic nitrogens is 1. The highest BCUT2D eigenvalue weighted by Gasteiger charge is 2.06. The van der Waals surface area contributed by atoms with E-state index in [9.17, 15) is 0 Å². The second kappa shape index (κ2) is 6.34. The van der Waals surface area contributed by atoms with E-state index in [-0.39, 0.29) is 6.04 Å². The van der Waals surface area contributed by atoms with E-state index >= 15 is 0 Å². The maximum Gasteiger partial charge on any atom is 0.118 e. The van der Waals surface area contributed by atoms with Crippen LogP contribution in [0.25, 0.3) is 0 Å². The molecule has 0 aliphatic carbocycles. The van der Waals surface area contributed by atoms with E-state index < -0.39 is 0 Å². The molecule has 19 heavy (non-hydrogen) atoms. The van der Waals surface area contributed by atoms with E-state index in [0.29, 0.717) is 0 Å². The maximum absolute atomic E-state index is 5.16. The Bertz CT molecular complexity index is 523. The van der Waals surface area contributed by atoms with Crippen molar-refractivity contribution in [2.75, 3.05) is 7.11 Å². The Labute approximate surface area is 114 Å². The number of rotatable bonds is 5. The van der Waals surface area contributed by atoms with Crippen LogP contribution in [-0.4, -0.2) is 12.1 Å². The Morgan fingerprint density at radius 3 is 2.58 bits per heavy atom. The number of nitrogens with one attached hydrogen (secondary N) is 1. The summed E-state index contributed by atoms with van der Waals surface area (Å²) in [6.45, 7) is 5.02. The van der Waals surface area contributed by atoms with Gasteiger partial charge in [0.1, 0.15) is 5.75 Å². The van der Waals surface area contributed by atoms with Crippen LogP contribution in [0.3, 0.4) is 0 Å². The van der Waals surface area contributed by atoms with Crippen LogP contribution in [0.4, 0.5) is 0 Å². The molecule has 1 heterocycles. The highest BCUT2D eigenvalue weighted by Crippen LogP contribution is 2.17. The average molecular weight is 256 g/mol. The largest absolute Gasteiger partial charge is 0.497 e. The third kappa shape index (κ3) is 3.55. The Morgan fingerprint density at radius 1 is 1.21 bits per heavy atom. The fourth-order valence-corrected chi connectivity index (χ4v) is 1.96. The first-order chi connectivity index (χ1) is 9.20. The molecule has 1 aromatic carbocycles. The summed E-state index contributed by atoms with van der Waals surface area (Å²) in [4.78, 5) is 4.39. The lowest BCUT2D eigenvalue weighted by Gasteiger charge is -2.15. The lowest BCUT2D eigenvalue weighted by atomic mass is 10.1. The molecule has 0 saturated heterocycles. The van der Waals surface area contributed by atoms with Gasteiger partial charge in [0.15, 0.2) is 0 Å². The molecule has 2 aromatic rings. The van der Waals surface area contributed by atoms with Crippen molar-refractivity contribution in [3.05, 3.63) is 59.4 Å². The van der Waals surface area contributed by atoms with Crippen molar-refractivity contribution in [1.29, 1.82) is 0 Å². The van der Waals surface area contributed by atoms with E-state index in [4.69, 9.17) is 4.74 Å². The van der Waals surface area contributed by atoms with Crippen LogP contribution in [0, 0.1) is 6.92 Å². The van der Waals surface area contributed by atoms with Crippen LogP contribution in [0.15, 0.2) is 42.6 Å². The van der Waals surface area contributed by atoms with Crippen LogP contribution >= 0.6 is 0 Å². The van der Waals surface area contributed by atoms with Crippen molar-refractivity contribution in [2.24, 2.45) is 0 Å². The second-order valence-corrected chi connectivity index (χ2v) is 4.64. The normalized spacial score (nSPS) is 12.2. The maximum atomic E-state index is 5.16. The van der Waals surface area contributed by atoms with Gasteiger partial charge in [-0.05, 0) is 43.2 Å². The molecular weight excluding hydrogens is 236 g/mol. The van der Waals surface area contributed by atoms with Gasteiger partial charge in [0, 0.05) is 18.8 Å². The quantitative estimate of drug-likeness (QED) is 0.891. The molecule has 0 aliphatic heterocycles. The minimum absolute atomic E-state index is 0.285. The van der Waals surface area contributed by atoms with Crippen molar-refractivity contribution >= 4 is 0 Å². The third-order valence-electron chi connectivity index (χ3n) is 3.31. The summed E-state index contributed by atoms with van der Waals surface area (Å²) in [5, 5.41) is 3.49. The average Bonchev–Trinajstić information content (AvgIpc) is 2.46. The van der Waals surface area contributed by atoms with Crippen molar-refractivity contribution < 1.29 is 4.74 Å². The number of pyridine rings is 1. The lowest BCUT2D eigenvalue weighted by Crippen LogP contribution is -2.19. The highest BCUT2D eigenvalue weighted by atomic mass is 16.5. The van der Waals surface area contributed by atoms with Gasteiger partial charge in [-0.1, -0.05) is 18.2 Å². The fourth-order valence-electron chi connectivity index (χ4n) is 1.96. The van der Waals surface area contributed by atoms with Gasteiger partial charge < -0.3 is 10.1 Å². The van der Waals surface area contributed by atoms with Crippen LogP contribution in [0.5, 0.6) is 5.75 Å². The smallest absolute Gasteiger partial charge is 0.118 e. The second-order valence-electron chi connectivity index (χ2n) is 4.64. The van der Waals surface area contributed by atoms with E-state index in [1.807, 2.05) is 24.4 Å². The Kier molecular flexibility index (Phi) is 4.53. The summed E-state index contributed by atoms with van der Waals surface area (Å²) in [7, 11) is 1.68. The van der Waals surface area contributed by atoms with Crippen LogP contribution in [0.2, 0.25) is 0 Å². The van der Waals surface area contributed by atoms with Gasteiger partial charge in [0.2, 0.25) is 0 Å². The molecule has 0 bridgehead atoms. The fraction of sp³-hybridized carbons (Fsp3) is 0.312. The summed E-state index contributed by atoms with van der Waals surface area (Å²) in [5.74, 6) is 0.886. The summed E-state index contributed by atoms with van der Waals surface area (Å²) in [5.41, 5.74) is 3.56. The van der Waals surface area contributed by atoms with Gasteiger partial charge in [0.25, 0.3) is 0 Å². The molecule has 1 atom stereocenters. The number of methoxy groups -OCH3 is 1. The van der Waals surface area contributed by atoms with Gasteiger partial charge in [-0.2, -0.15) is 0 Å². The first kappa shape index (κ1) is 13.6. The predicted octanol–water partition coefficient (Wildman–Crippen LogP) is 3.25. The van der Waals surface area contributed by atoms with Gasteiger partial charge >= 0.3 is 0 Å². The van der Waals surface area contributed by atoms with Crippen molar-refractivity contribution in [1.82, 2.24) is 10.3 Å². The zero-order valence-electron chi connectivity index (χ0n) is 11.7. The number of benzene rings is 1.